The second kappa shape index (κ2) is 11.7. The molecule has 0 unspecified atom stereocenters. The van der Waals surface area contributed by atoms with E-state index in [2.05, 4.69) is 17.0 Å². The van der Waals surface area contributed by atoms with Crippen LogP contribution in [-0.2, 0) is 4.79 Å². The lowest BCUT2D eigenvalue weighted by atomic mass is 10.2. The molecule has 2 aliphatic rings. The highest BCUT2D eigenvalue weighted by atomic mass is 32.2. The van der Waals surface area contributed by atoms with Gasteiger partial charge in [0.25, 0.3) is 5.91 Å². The second-order valence-corrected chi connectivity index (χ2v) is 10.4. The van der Waals surface area contributed by atoms with E-state index in [1.165, 1.54) is 23.5 Å². The van der Waals surface area contributed by atoms with Gasteiger partial charge in [0, 0.05) is 32.7 Å². The van der Waals surface area contributed by atoms with E-state index in [9.17, 15) is 4.79 Å². The average molecular weight is 459 g/mol. The fourth-order valence-electron chi connectivity index (χ4n) is 3.67. The smallest absolute Gasteiger partial charge is 0.260 e. The minimum atomic E-state index is 0.0580. The molecule has 5 nitrogen and oxygen atoms in total. The molecule has 2 fully saturated rings. The van der Waals surface area contributed by atoms with Crippen molar-refractivity contribution < 1.29 is 14.3 Å². The van der Waals surface area contributed by atoms with Gasteiger partial charge in [-0.05, 0) is 47.8 Å². The Morgan fingerprint density at radius 1 is 0.871 bits per heavy atom. The minimum Gasteiger partial charge on any atom is -0.492 e. The molecule has 0 saturated carbocycles. The van der Waals surface area contributed by atoms with Crippen molar-refractivity contribution in [1.82, 2.24) is 9.80 Å². The Morgan fingerprint density at radius 2 is 1.55 bits per heavy atom. The van der Waals surface area contributed by atoms with Crippen molar-refractivity contribution in [3.8, 4) is 11.5 Å². The number of hydrogen-bond acceptors (Lipinski definition) is 6. The molecule has 0 atom stereocenters. The number of nitrogens with zero attached hydrogens (tertiary/aromatic N) is 2. The molecule has 4 rings (SSSR count). The summed E-state index contributed by atoms with van der Waals surface area (Å²) in [5.41, 5.74) is 1.33. The van der Waals surface area contributed by atoms with Crippen LogP contribution in [0.15, 0.2) is 54.6 Å². The predicted octanol–water partition coefficient (Wildman–Crippen LogP) is 4.16. The van der Waals surface area contributed by atoms with Gasteiger partial charge in [0.05, 0.1) is 4.58 Å². The highest BCUT2D eigenvalue weighted by Gasteiger charge is 2.21. The Hall–Kier alpha value is -1.83. The predicted molar refractivity (Wildman–Crippen MR) is 129 cm³/mol. The van der Waals surface area contributed by atoms with E-state index in [0.29, 0.717) is 11.2 Å². The van der Waals surface area contributed by atoms with E-state index in [4.69, 9.17) is 9.47 Å². The summed E-state index contributed by atoms with van der Waals surface area (Å²) in [4.78, 5) is 16.8. The zero-order valence-electron chi connectivity index (χ0n) is 17.8. The van der Waals surface area contributed by atoms with Gasteiger partial charge in [0.2, 0.25) is 0 Å². The number of piperazine rings is 1. The van der Waals surface area contributed by atoms with Gasteiger partial charge in [0.15, 0.2) is 6.61 Å². The van der Waals surface area contributed by atoms with Gasteiger partial charge in [-0.25, -0.2) is 0 Å². The first-order valence-electron chi connectivity index (χ1n) is 10.9. The van der Waals surface area contributed by atoms with E-state index in [-0.39, 0.29) is 12.5 Å². The molecule has 2 aromatic rings. The molecule has 7 heteroatoms. The van der Waals surface area contributed by atoms with Crippen molar-refractivity contribution in [2.24, 2.45) is 0 Å². The molecule has 0 radical (unpaired) electrons. The third kappa shape index (κ3) is 6.82. The van der Waals surface area contributed by atoms with Crippen molar-refractivity contribution in [2.45, 2.75) is 11.0 Å². The van der Waals surface area contributed by atoms with Gasteiger partial charge < -0.3 is 14.4 Å². The Kier molecular flexibility index (Phi) is 8.44. The first-order valence-corrected chi connectivity index (χ1v) is 13.0. The molecule has 2 aliphatic heterocycles. The van der Waals surface area contributed by atoms with Crippen LogP contribution in [0.5, 0.6) is 11.5 Å². The number of para-hydroxylation sites is 1. The third-order valence-corrected chi connectivity index (χ3v) is 8.50. The fraction of sp³-hybridized carbons (Fsp3) is 0.458. The van der Waals surface area contributed by atoms with Crippen LogP contribution in [0.2, 0.25) is 0 Å². The maximum atomic E-state index is 12.5. The quantitative estimate of drug-likeness (QED) is 0.592. The lowest BCUT2D eigenvalue weighted by molar-refractivity contribution is -0.135. The normalized spacial score (nSPS) is 18.0. The summed E-state index contributed by atoms with van der Waals surface area (Å²) in [6, 6.07) is 18.1. The number of carbonyl (C=O) groups is 1. The molecule has 0 bridgehead atoms. The molecule has 31 heavy (non-hydrogen) atoms. The average Bonchev–Trinajstić information content (AvgIpc) is 2.84. The van der Waals surface area contributed by atoms with E-state index in [1.807, 2.05) is 70.9 Å². The van der Waals surface area contributed by atoms with E-state index in [1.54, 1.807) is 0 Å². The summed E-state index contributed by atoms with van der Waals surface area (Å²) in [5, 5.41) is 0. The molecular weight excluding hydrogens is 428 g/mol. The molecule has 0 N–H and O–H groups in total. The van der Waals surface area contributed by atoms with Gasteiger partial charge >= 0.3 is 0 Å². The van der Waals surface area contributed by atoms with Gasteiger partial charge in [0.1, 0.15) is 18.1 Å². The van der Waals surface area contributed by atoms with Crippen molar-refractivity contribution in [1.29, 1.82) is 0 Å². The zero-order chi connectivity index (χ0) is 21.3. The Bertz CT molecular complexity index is 805. The lowest BCUT2D eigenvalue weighted by Gasteiger charge is -2.34. The summed E-state index contributed by atoms with van der Waals surface area (Å²) in [6.45, 7) is 4.85. The van der Waals surface area contributed by atoms with Gasteiger partial charge in [-0.3, -0.25) is 9.69 Å². The summed E-state index contributed by atoms with van der Waals surface area (Å²) in [6.07, 6.45) is 1.30. The van der Waals surface area contributed by atoms with Gasteiger partial charge in [-0.2, -0.15) is 0 Å². The fourth-order valence-corrected chi connectivity index (χ4v) is 6.56. The number of ether oxygens (including phenoxy) is 2. The summed E-state index contributed by atoms with van der Waals surface area (Å²) in [5.74, 6) is 4.19. The van der Waals surface area contributed by atoms with Crippen LogP contribution < -0.4 is 9.47 Å². The standard InChI is InChI=1S/C24H30N2O3S2/c27-23(19-29-22-9-7-20(8-10-22)24-30-17-4-18-31-24)26-13-11-25(12-14-26)15-16-28-21-5-2-1-3-6-21/h1-3,5-10,24H,4,11-19H2. The van der Waals surface area contributed by atoms with Crippen molar-refractivity contribution in [2.75, 3.05) is 57.4 Å². The van der Waals surface area contributed by atoms with Crippen LogP contribution in [0.25, 0.3) is 0 Å². The first-order chi connectivity index (χ1) is 15.3. The third-order valence-electron chi connectivity index (χ3n) is 5.49. The van der Waals surface area contributed by atoms with Crippen molar-refractivity contribution in [3.63, 3.8) is 0 Å². The maximum Gasteiger partial charge on any atom is 0.260 e. The molecule has 2 saturated heterocycles. The monoisotopic (exact) mass is 458 g/mol. The number of carbonyl (C=O) groups excluding carboxylic acids is 1. The molecular formula is C24H30N2O3S2. The van der Waals surface area contributed by atoms with Crippen LogP contribution >= 0.6 is 23.5 Å². The molecule has 0 aromatic heterocycles. The molecule has 0 aliphatic carbocycles. The number of hydrogen-bond donors (Lipinski definition) is 0. The maximum absolute atomic E-state index is 12.5. The van der Waals surface area contributed by atoms with Gasteiger partial charge in [-0.15, -0.1) is 23.5 Å². The second-order valence-electron chi connectivity index (χ2n) is 7.67. The highest BCUT2D eigenvalue weighted by molar-refractivity contribution is 8.16. The SMILES string of the molecule is O=C(COc1ccc(C2SCCCS2)cc1)N1CCN(CCOc2ccccc2)CC1. The topological polar surface area (TPSA) is 42.0 Å². The summed E-state index contributed by atoms with van der Waals surface area (Å²) >= 11 is 4.02. The Labute approximate surface area is 193 Å². The number of benzene rings is 2. The van der Waals surface area contributed by atoms with E-state index >= 15 is 0 Å². The number of thioether (sulfide) groups is 2. The Morgan fingerprint density at radius 3 is 2.26 bits per heavy atom. The number of amides is 1. The number of rotatable bonds is 8. The first kappa shape index (κ1) is 22.4. The largest absolute Gasteiger partial charge is 0.492 e. The summed E-state index contributed by atoms with van der Waals surface area (Å²) in [7, 11) is 0. The lowest BCUT2D eigenvalue weighted by Crippen LogP contribution is -2.50. The zero-order valence-corrected chi connectivity index (χ0v) is 19.4. The van der Waals surface area contributed by atoms with E-state index < -0.39 is 0 Å². The summed E-state index contributed by atoms with van der Waals surface area (Å²) < 4.78 is 12.1. The van der Waals surface area contributed by atoms with Crippen LogP contribution in [0.4, 0.5) is 0 Å². The molecule has 0 spiro atoms. The van der Waals surface area contributed by atoms with Gasteiger partial charge in [-0.1, -0.05) is 30.3 Å². The molecule has 166 valence electrons. The molecule has 1 amide bonds. The van der Waals surface area contributed by atoms with Crippen LogP contribution in [0.1, 0.15) is 16.6 Å². The van der Waals surface area contributed by atoms with Crippen LogP contribution in [0, 0.1) is 0 Å². The highest BCUT2D eigenvalue weighted by Crippen LogP contribution is 2.43. The van der Waals surface area contributed by atoms with Crippen molar-refractivity contribution >= 4 is 29.4 Å². The Balaban J connectivity index is 1.14. The van der Waals surface area contributed by atoms with Crippen molar-refractivity contribution in [3.05, 3.63) is 60.2 Å². The van der Waals surface area contributed by atoms with Crippen LogP contribution in [0.3, 0.4) is 0 Å². The minimum absolute atomic E-state index is 0.0580. The molecule has 2 aromatic carbocycles. The van der Waals surface area contributed by atoms with Crippen LogP contribution in [-0.4, -0.2) is 73.2 Å². The van der Waals surface area contributed by atoms with E-state index in [0.717, 1.165) is 44.2 Å². The molecule has 2 heterocycles.